The maximum absolute atomic E-state index is 6.10. The first-order valence-electron chi connectivity index (χ1n) is 5.37. The lowest BCUT2D eigenvalue weighted by molar-refractivity contribution is 0.416. The standard InChI is InChI=1S/C11H21N3/c1-4-5-9(2)11(12)8-10-6-7-14(3)13-10/h6-7,9,11H,4-5,8,12H2,1-3H3. The molecule has 0 aliphatic carbocycles. The Morgan fingerprint density at radius 3 is 2.79 bits per heavy atom. The van der Waals surface area contributed by atoms with Crippen LogP contribution in [0, 0.1) is 5.92 Å². The van der Waals surface area contributed by atoms with Crippen LogP contribution in [0.15, 0.2) is 12.3 Å². The van der Waals surface area contributed by atoms with E-state index in [1.54, 1.807) is 0 Å². The highest BCUT2D eigenvalue weighted by Crippen LogP contribution is 2.12. The summed E-state index contributed by atoms with van der Waals surface area (Å²) in [4.78, 5) is 0. The van der Waals surface area contributed by atoms with Gasteiger partial charge in [-0.1, -0.05) is 20.3 Å². The van der Waals surface area contributed by atoms with Crippen LogP contribution in [0.25, 0.3) is 0 Å². The third-order valence-electron chi connectivity index (χ3n) is 2.69. The molecule has 0 aliphatic rings. The first kappa shape index (κ1) is 11.2. The predicted molar refractivity (Wildman–Crippen MR) is 59.0 cm³/mol. The molecule has 80 valence electrons. The Morgan fingerprint density at radius 1 is 1.57 bits per heavy atom. The number of hydrogen-bond acceptors (Lipinski definition) is 2. The van der Waals surface area contributed by atoms with Gasteiger partial charge >= 0.3 is 0 Å². The molecule has 0 bridgehead atoms. The lowest BCUT2D eigenvalue weighted by Crippen LogP contribution is -2.30. The molecule has 2 N–H and O–H groups in total. The lowest BCUT2D eigenvalue weighted by Gasteiger charge is -2.17. The van der Waals surface area contributed by atoms with E-state index in [-0.39, 0.29) is 6.04 Å². The Bertz CT molecular complexity index is 267. The molecule has 14 heavy (non-hydrogen) atoms. The molecule has 1 aromatic rings. The zero-order valence-corrected chi connectivity index (χ0v) is 9.40. The second kappa shape index (κ2) is 5.15. The molecule has 1 heterocycles. The summed E-state index contributed by atoms with van der Waals surface area (Å²) in [6.45, 7) is 4.42. The Labute approximate surface area is 86.3 Å². The molecule has 0 radical (unpaired) electrons. The second-order valence-electron chi connectivity index (χ2n) is 4.11. The molecule has 0 aromatic carbocycles. The Morgan fingerprint density at radius 2 is 2.29 bits per heavy atom. The average Bonchev–Trinajstić information content (AvgIpc) is 2.51. The fourth-order valence-corrected chi connectivity index (χ4v) is 1.68. The largest absolute Gasteiger partial charge is 0.327 e. The van der Waals surface area contributed by atoms with Crippen LogP contribution in [0.1, 0.15) is 32.4 Å². The van der Waals surface area contributed by atoms with E-state index >= 15 is 0 Å². The summed E-state index contributed by atoms with van der Waals surface area (Å²) >= 11 is 0. The molecule has 3 heteroatoms. The molecule has 1 aromatic heterocycles. The zero-order chi connectivity index (χ0) is 10.6. The van der Waals surface area contributed by atoms with Gasteiger partial charge in [-0.05, 0) is 18.4 Å². The smallest absolute Gasteiger partial charge is 0.0640 e. The number of hydrogen-bond donors (Lipinski definition) is 1. The maximum atomic E-state index is 6.10. The summed E-state index contributed by atoms with van der Waals surface area (Å²) in [7, 11) is 1.94. The van der Waals surface area contributed by atoms with Gasteiger partial charge in [-0.2, -0.15) is 5.10 Å². The molecule has 0 amide bonds. The van der Waals surface area contributed by atoms with E-state index in [1.807, 2.05) is 24.0 Å². The van der Waals surface area contributed by atoms with Gasteiger partial charge in [-0.3, -0.25) is 4.68 Å². The molecule has 0 spiro atoms. The SMILES string of the molecule is CCCC(C)C(N)Cc1ccn(C)n1. The van der Waals surface area contributed by atoms with E-state index < -0.39 is 0 Å². The Hall–Kier alpha value is -0.830. The van der Waals surface area contributed by atoms with Crippen molar-refractivity contribution in [3.05, 3.63) is 18.0 Å². The summed E-state index contributed by atoms with van der Waals surface area (Å²) in [5.41, 5.74) is 7.20. The van der Waals surface area contributed by atoms with Crippen molar-refractivity contribution in [2.24, 2.45) is 18.7 Å². The van der Waals surface area contributed by atoms with Crippen LogP contribution in [-0.2, 0) is 13.5 Å². The van der Waals surface area contributed by atoms with Crippen molar-refractivity contribution < 1.29 is 0 Å². The van der Waals surface area contributed by atoms with Crippen molar-refractivity contribution >= 4 is 0 Å². The van der Waals surface area contributed by atoms with Gasteiger partial charge in [0.2, 0.25) is 0 Å². The monoisotopic (exact) mass is 195 g/mol. The van der Waals surface area contributed by atoms with Crippen LogP contribution < -0.4 is 5.73 Å². The van der Waals surface area contributed by atoms with Crippen LogP contribution >= 0.6 is 0 Å². The van der Waals surface area contributed by atoms with Gasteiger partial charge in [0.1, 0.15) is 0 Å². The highest BCUT2D eigenvalue weighted by molar-refractivity contribution is 5.01. The van der Waals surface area contributed by atoms with Gasteiger partial charge in [-0.25, -0.2) is 0 Å². The maximum Gasteiger partial charge on any atom is 0.0640 e. The van der Waals surface area contributed by atoms with Crippen LogP contribution in [0.4, 0.5) is 0 Å². The highest BCUT2D eigenvalue weighted by Gasteiger charge is 2.13. The van der Waals surface area contributed by atoms with E-state index in [9.17, 15) is 0 Å². The molecule has 1 rings (SSSR count). The second-order valence-corrected chi connectivity index (χ2v) is 4.11. The molecule has 0 saturated carbocycles. The van der Waals surface area contributed by atoms with Crippen LogP contribution in [-0.4, -0.2) is 15.8 Å². The summed E-state index contributed by atoms with van der Waals surface area (Å²) in [6, 6.07) is 2.28. The van der Waals surface area contributed by atoms with Crippen molar-refractivity contribution in [3.8, 4) is 0 Å². The molecular formula is C11H21N3. The third kappa shape index (κ3) is 3.14. The van der Waals surface area contributed by atoms with Crippen LogP contribution in [0.5, 0.6) is 0 Å². The summed E-state index contributed by atoms with van der Waals surface area (Å²) < 4.78 is 1.83. The van der Waals surface area contributed by atoms with Gasteiger partial charge in [0.25, 0.3) is 0 Å². The van der Waals surface area contributed by atoms with E-state index in [0.717, 1.165) is 12.1 Å². The van der Waals surface area contributed by atoms with Crippen molar-refractivity contribution in [1.29, 1.82) is 0 Å². The molecule has 2 unspecified atom stereocenters. The van der Waals surface area contributed by atoms with E-state index in [4.69, 9.17) is 5.73 Å². The molecule has 0 fully saturated rings. The average molecular weight is 195 g/mol. The number of aryl methyl sites for hydroxylation is 1. The minimum atomic E-state index is 0.241. The van der Waals surface area contributed by atoms with Gasteiger partial charge in [-0.15, -0.1) is 0 Å². The summed E-state index contributed by atoms with van der Waals surface area (Å²) in [5.74, 6) is 0.585. The summed E-state index contributed by atoms with van der Waals surface area (Å²) in [5, 5.41) is 4.33. The first-order chi connectivity index (χ1) is 6.63. The fourth-order valence-electron chi connectivity index (χ4n) is 1.68. The van der Waals surface area contributed by atoms with Gasteiger partial charge < -0.3 is 5.73 Å². The highest BCUT2D eigenvalue weighted by atomic mass is 15.2. The molecular weight excluding hydrogens is 174 g/mol. The minimum absolute atomic E-state index is 0.241. The van der Waals surface area contributed by atoms with Crippen molar-refractivity contribution in [3.63, 3.8) is 0 Å². The van der Waals surface area contributed by atoms with E-state index in [0.29, 0.717) is 5.92 Å². The number of aromatic nitrogens is 2. The Kier molecular flexibility index (Phi) is 4.14. The predicted octanol–water partition coefficient (Wildman–Crippen LogP) is 1.73. The van der Waals surface area contributed by atoms with Crippen molar-refractivity contribution in [1.82, 2.24) is 9.78 Å². The minimum Gasteiger partial charge on any atom is -0.327 e. The number of nitrogens with two attached hydrogens (primary N) is 1. The lowest BCUT2D eigenvalue weighted by atomic mass is 9.94. The molecule has 0 aliphatic heterocycles. The van der Waals surface area contributed by atoms with Crippen molar-refractivity contribution in [2.75, 3.05) is 0 Å². The van der Waals surface area contributed by atoms with Gasteiger partial charge in [0, 0.05) is 25.7 Å². The normalized spacial score (nSPS) is 15.4. The number of rotatable bonds is 5. The van der Waals surface area contributed by atoms with Crippen LogP contribution in [0.2, 0.25) is 0 Å². The van der Waals surface area contributed by atoms with Gasteiger partial charge in [0.15, 0.2) is 0 Å². The zero-order valence-electron chi connectivity index (χ0n) is 9.40. The fraction of sp³-hybridized carbons (Fsp3) is 0.727. The Balaban J connectivity index is 2.43. The molecule has 0 saturated heterocycles. The van der Waals surface area contributed by atoms with E-state index in [2.05, 4.69) is 18.9 Å². The third-order valence-corrected chi connectivity index (χ3v) is 2.69. The first-order valence-corrected chi connectivity index (χ1v) is 5.37. The van der Waals surface area contributed by atoms with Crippen molar-refractivity contribution in [2.45, 2.75) is 39.2 Å². The van der Waals surface area contributed by atoms with Crippen LogP contribution in [0.3, 0.4) is 0 Å². The topological polar surface area (TPSA) is 43.8 Å². The molecule has 2 atom stereocenters. The molecule has 3 nitrogen and oxygen atoms in total. The van der Waals surface area contributed by atoms with Gasteiger partial charge in [0.05, 0.1) is 5.69 Å². The quantitative estimate of drug-likeness (QED) is 0.777. The number of nitrogens with zero attached hydrogens (tertiary/aromatic N) is 2. The van der Waals surface area contributed by atoms with E-state index in [1.165, 1.54) is 12.8 Å². The summed E-state index contributed by atoms with van der Waals surface area (Å²) in [6.07, 6.45) is 5.26.